The van der Waals surface area contributed by atoms with Crippen molar-refractivity contribution < 1.29 is 14.3 Å². The molecule has 0 unspecified atom stereocenters. The van der Waals surface area contributed by atoms with Crippen molar-refractivity contribution in [3.63, 3.8) is 0 Å². The topological polar surface area (TPSA) is 81.2 Å². The van der Waals surface area contributed by atoms with Gasteiger partial charge in [-0.2, -0.15) is 0 Å². The van der Waals surface area contributed by atoms with Crippen molar-refractivity contribution in [3.05, 3.63) is 87.0 Å². The summed E-state index contributed by atoms with van der Waals surface area (Å²) in [5.41, 5.74) is 4.36. The van der Waals surface area contributed by atoms with Crippen molar-refractivity contribution in [3.8, 4) is 0 Å². The SMILES string of the molecule is O=C(COC(=O)c1c2c(nc3ccccc13)C(=Cc1cccs1)CCC2)Nc1cccnc1Cl. The minimum Gasteiger partial charge on any atom is -0.452 e. The van der Waals surface area contributed by atoms with E-state index in [4.69, 9.17) is 21.3 Å². The highest BCUT2D eigenvalue weighted by molar-refractivity contribution is 7.10. The molecule has 0 fully saturated rings. The van der Waals surface area contributed by atoms with Gasteiger partial charge < -0.3 is 10.1 Å². The lowest BCUT2D eigenvalue weighted by molar-refractivity contribution is -0.119. The molecule has 1 aliphatic rings. The summed E-state index contributed by atoms with van der Waals surface area (Å²) in [6.45, 7) is -0.437. The van der Waals surface area contributed by atoms with Crippen LogP contribution in [0, 0.1) is 0 Å². The summed E-state index contributed by atoms with van der Waals surface area (Å²) in [4.78, 5) is 35.7. The van der Waals surface area contributed by atoms with Gasteiger partial charge in [0, 0.05) is 16.5 Å². The van der Waals surface area contributed by atoms with Crippen molar-refractivity contribution in [1.29, 1.82) is 0 Å². The first-order valence-corrected chi connectivity index (χ1v) is 12.1. The number of benzene rings is 1. The van der Waals surface area contributed by atoms with Crippen molar-refractivity contribution in [2.45, 2.75) is 19.3 Å². The molecule has 170 valence electrons. The summed E-state index contributed by atoms with van der Waals surface area (Å²) in [7, 11) is 0. The van der Waals surface area contributed by atoms with Crippen LogP contribution in [-0.4, -0.2) is 28.5 Å². The van der Waals surface area contributed by atoms with E-state index in [0.29, 0.717) is 11.3 Å². The highest BCUT2D eigenvalue weighted by atomic mass is 35.5. The molecule has 0 bridgehead atoms. The second-order valence-corrected chi connectivity index (χ2v) is 9.17. The molecule has 1 aliphatic carbocycles. The molecule has 1 aromatic carbocycles. The Morgan fingerprint density at radius 3 is 2.82 bits per heavy atom. The zero-order valence-electron chi connectivity index (χ0n) is 18.1. The zero-order valence-corrected chi connectivity index (χ0v) is 19.7. The monoisotopic (exact) mass is 489 g/mol. The second-order valence-electron chi connectivity index (χ2n) is 7.84. The number of pyridine rings is 2. The molecule has 0 spiro atoms. The third-order valence-electron chi connectivity index (χ3n) is 5.60. The first kappa shape index (κ1) is 22.3. The zero-order chi connectivity index (χ0) is 23.5. The Kier molecular flexibility index (Phi) is 6.38. The molecule has 6 nitrogen and oxygen atoms in total. The first-order valence-electron chi connectivity index (χ1n) is 10.8. The summed E-state index contributed by atoms with van der Waals surface area (Å²) in [6.07, 6.45) is 6.18. The normalized spacial score (nSPS) is 14.1. The Labute approximate surface area is 205 Å². The molecule has 3 aromatic heterocycles. The molecule has 3 heterocycles. The Hall–Kier alpha value is -3.55. The maximum Gasteiger partial charge on any atom is 0.339 e. The molecular formula is C26H20ClN3O3S. The number of fused-ring (bicyclic) bond motifs is 2. The highest BCUT2D eigenvalue weighted by Crippen LogP contribution is 2.36. The molecule has 1 amide bonds. The van der Waals surface area contributed by atoms with Crippen molar-refractivity contribution in [2.75, 3.05) is 11.9 Å². The number of anilines is 1. The molecule has 0 saturated heterocycles. The fraction of sp³-hybridized carbons (Fsp3) is 0.154. The number of hydrogen-bond acceptors (Lipinski definition) is 6. The van der Waals surface area contributed by atoms with Crippen LogP contribution in [0.2, 0.25) is 5.15 Å². The molecule has 1 N–H and O–H groups in total. The summed E-state index contributed by atoms with van der Waals surface area (Å²) in [5, 5.41) is 5.55. The van der Waals surface area contributed by atoms with E-state index in [-0.39, 0.29) is 5.15 Å². The Bertz CT molecular complexity index is 1420. The number of nitrogens with zero attached hydrogens (tertiary/aromatic N) is 2. The molecular weight excluding hydrogens is 470 g/mol. The minimum atomic E-state index is -0.542. The number of aromatic nitrogens is 2. The van der Waals surface area contributed by atoms with Gasteiger partial charge in [0.05, 0.1) is 22.5 Å². The van der Waals surface area contributed by atoms with E-state index < -0.39 is 18.5 Å². The predicted molar refractivity (Wildman–Crippen MR) is 135 cm³/mol. The van der Waals surface area contributed by atoms with E-state index in [1.807, 2.05) is 35.7 Å². The highest BCUT2D eigenvalue weighted by Gasteiger charge is 2.26. The molecule has 34 heavy (non-hydrogen) atoms. The van der Waals surface area contributed by atoms with Gasteiger partial charge in [-0.3, -0.25) is 4.79 Å². The third-order valence-corrected chi connectivity index (χ3v) is 6.72. The number of carbonyl (C=O) groups is 2. The number of allylic oxidation sites excluding steroid dienone is 1. The molecule has 8 heteroatoms. The maximum atomic E-state index is 13.3. The van der Waals surface area contributed by atoms with Gasteiger partial charge in [-0.05, 0) is 66.1 Å². The average Bonchev–Trinajstić information content (AvgIpc) is 3.36. The van der Waals surface area contributed by atoms with Gasteiger partial charge in [-0.1, -0.05) is 35.9 Å². The lowest BCUT2D eigenvalue weighted by atomic mass is 9.86. The number of esters is 1. The average molecular weight is 490 g/mol. The van der Waals surface area contributed by atoms with Gasteiger partial charge in [-0.25, -0.2) is 14.8 Å². The van der Waals surface area contributed by atoms with Crippen LogP contribution in [0.3, 0.4) is 0 Å². The summed E-state index contributed by atoms with van der Waals surface area (Å²) in [5.74, 6) is -1.03. The Morgan fingerprint density at radius 2 is 2.00 bits per heavy atom. The van der Waals surface area contributed by atoms with Crippen LogP contribution in [0.15, 0.2) is 60.1 Å². The van der Waals surface area contributed by atoms with E-state index >= 15 is 0 Å². The van der Waals surface area contributed by atoms with Gasteiger partial charge in [0.15, 0.2) is 11.8 Å². The Balaban J connectivity index is 1.46. The number of nitrogens with one attached hydrogen (secondary N) is 1. The van der Waals surface area contributed by atoms with Gasteiger partial charge in [0.2, 0.25) is 0 Å². The smallest absolute Gasteiger partial charge is 0.339 e. The second kappa shape index (κ2) is 9.75. The molecule has 0 saturated carbocycles. The van der Waals surface area contributed by atoms with E-state index in [2.05, 4.69) is 22.4 Å². The standard InChI is InChI=1S/C26H20ClN3O3S/c27-25-21(11-4-12-28-25)29-22(31)15-33-26(32)23-18-8-1-2-10-20(18)30-24-16(6-3-9-19(23)24)14-17-7-5-13-34-17/h1-2,4-5,7-8,10-14H,3,6,9,15H2,(H,29,31). The molecule has 4 aromatic rings. The van der Waals surface area contributed by atoms with Crippen molar-refractivity contribution in [2.24, 2.45) is 0 Å². The molecule has 0 atom stereocenters. The number of para-hydroxylation sites is 1. The number of thiophene rings is 1. The summed E-state index contributed by atoms with van der Waals surface area (Å²) >= 11 is 7.66. The van der Waals surface area contributed by atoms with Crippen molar-refractivity contribution in [1.82, 2.24) is 9.97 Å². The molecule has 0 aliphatic heterocycles. The van der Waals surface area contributed by atoms with Gasteiger partial charge in [-0.15, -0.1) is 11.3 Å². The summed E-state index contributed by atoms with van der Waals surface area (Å²) in [6, 6.07) is 14.9. The number of halogens is 1. The Morgan fingerprint density at radius 1 is 1.12 bits per heavy atom. The molecule has 0 radical (unpaired) electrons. The third kappa shape index (κ3) is 4.58. The number of carbonyl (C=O) groups excluding carboxylic acids is 2. The van der Waals surface area contributed by atoms with E-state index in [0.717, 1.165) is 51.9 Å². The quantitative estimate of drug-likeness (QED) is 0.274. The van der Waals surface area contributed by atoms with Gasteiger partial charge in [0.25, 0.3) is 5.91 Å². The first-order chi connectivity index (χ1) is 16.6. The largest absolute Gasteiger partial charge is 0.452 e. The predicted octanol–water partition coefficient (Wildman–Crippen LogP) is 6.02. The van der Waals surface area contributed by atoms with Crippen LogP contribution in [0.1, 0.15) is 39.3 Å². The van der Waals surface area contributed by atoms with E-state index in [9.17, 15) is 9.59 Å². The number of ether oxygens (including phenoxy) is 1. The van der Waals surface area contributed by atoms with Crippen LogP contribution in [0.25, 0.3) is 22.6 Å². The minimum absolute atomic E-state index is 0.168. The lowest BCUT2D eigenvalue weighted by Gasteiger charge is -2.22. The van der Waals surface area contributed by atoms with E-state index in [1.54, 1.807) is 23.5 Å². The van der Waals surface area contributed by atoms with Crippen LogP contribution in [0.5, 0.6) is 0 Å². The maximum absolute atomic E-state index is 13.3. The number of rotatable bonds is 5. The van der Waals surface area contributed by atoms with Gasteiger partial charge in [0.1, 0.15) is 0 Å². The van der Waals surface area contributed by atoms with Crippen LogP contribution >= 0.6 is 22.9 Å². The van der Waals surface area contributed by atoms with E-state index in [1.165, 1.54) is 6.20 Å². The van der Waals surface area contributed by atoms with Crippen LogP contribution in [-0.2, 0) is 16.0 Å². The lowest BCUT2D eigenvalue weighted by Crippen LogP contribution is -2.22. The van der Waals surface area contributed by atoms with Gasteiger partial charge >= 0.3 is 5.97 Å². The summed E-state index contributed by atoms with van der Waals surface area (Å²) < 4.78 is 5.46. The van der Waals surface area contributed by atoms with Crippen molar-refractivity contribution >= 4 is 63.1 Å². The van der Waals surface area contributed by atoms with Crippen LogP contribution in [0.4, 0.5) is 5.69 Å². The number of amides is 1. The van der Waals surface area contributed by atoms with Crippen LogP contribution < -0.4 is 5.32 Å². The number of hydrogen-bond donors (Lipinski definition) is 1. The fourth-order valence-electron chi connectivity index (χ4n) is 4.12. The molecule has 5 rings (SSSR count). The fourth-order valence-corrected chi connectivity index (χ4v) is 4.97.